The fraction of sp³-hybridized carbons (Fsp3) is 0.109. The Morgan fingerprint density at radius 1 is 0.600 bits per heavy atom. The summed E-state index contributed by atoms with van der Waals surface area (Å²) in [5.74, 6) is 0.786. The monoisotopic (exact) mass is 643 g/mol. The number of allylic oxidation sites excluding steroid dienone is 4. The number of hydrogen-bond donors (Lipinski definition) is 0. The van der Waals surface area contributed by atoms with Crippen LogP contribution in [0.2, 0.25) is 0 Å². The molecule has 0 saturated carbocycles. The summed E-state index contributed by atoms with van der Waals surface area (Å²) < 4.78 is 10.9. The van der Waals surface area contributed by atoms with E-state index in [-0.39, 0.29) is 5.41 Å². The van der Waals surface area contributed by atoms with Crippen LogP contribution < -0.4 is 0 Å². The fourth-order valence-corrected chi connectivity index (χ4v) is 9.15. The maximum absolute atomic E-state index is 6.30. The molecule has 0 fully saturated rings. The molecule has 4 heteroatoms. The van der Waals surface area contributed by atoms with E-state index in [1.165, 1.54) is 60.5 Å². The molecule has 6 aromatic carbocycles. The van der Waals surface area contributed by atoms with E-state index < -0.39 is 0 Å². The van der Waals surface area contributed by atoms with Crippen LogP contribution in [0.1, 0.15) is 30.9 Å². The molecular weight excluding hydrogens is 611 g/mol. The zero-order valence-electron chi connectivity index (χ0n) is 27.8. The molecule has 3 aromatic heterocycles. The van der Waals surface area contributed by atoms with Crippen LogP contribution in [0.5, 0.6) is 0 Å². The zero-order valence-corrected chi connectivity index (χ0v) is 27.8. The van der Waals surface area contributed by atoms with Crippen molar-refractivity contribution in [2.24, 2.45) is 5.92 Å². The molecule has 2 aliphatic carbocycles. The van der Waals surface area contributed by atoms with E-state index in [9.17, 15) is 0 Å². The first-order valence-corrected chi connectivity index (χ1v) is 17.5. The number of benzene rings is 6. The van der Waals surface area contributed by atoms with Crippen molar-refractivity contribution < 1.29 is 4.42 Å². The van der Waals surface area contributed by atoms with Crippen molar-refractivity contribution in [1.82, 2.24) is 14.1 Å². The smallest absolute Gasteiger partial charge is 0.307 e. The van der Waals surface area contributed by atoms with Crippen molar-refractivity contribution in [1.29, 1.82) is 0 Å². The van der Waals surface area contributed by atoms with E-state index in [4.69, 9.17) is 9.40 Å². The molecule has 3 heterocycles. The summed E-state index contributed by atoms with van der Waals surface area (Å²) in [7, 11) is 0. The van der Waals surface area contributed by atoms with E-state index in [1.54, 1.807) is 0 Å². The van der Waals surface area contributed by atoms with Gasteiger partial charge < -0.3 is 8.98 Å². The SMILES string of the molecule is CC1(C)c2ccc3c(c2C2C=CC=CC21)c1cc(-c2ccc4c(c2)c2ccccc2n4-c2nc4ccccc4o2)ccc1n3-c1ccccc1. The summed E-state index contributed by atoms with van der Waals surface area (Å²) >= 11 is 0. The van der Waals surface area contributed by atoms with Crippen molar-refractivity contribution in [3.8, 4) is 22.8 Å². The number of aromatic nitrogens is 3. The Balaban J connectivity index is 1.16. The van der Waals surface area contributed by atoms with Gasteiger partial charge in [0.25, 0.3) is 0 Å². The highest BCUT2D eigenvalue weighted by molar-refractivity contribution is 6.14. The molecule has 11 rings (SSSR count). The lowest BCUT2D eigenvalue weighted by atomic mass is 9.74. The van der Waals surface area contributed by atoms with Crippen LogP contribution in [0, 0.1) is 5.92 Å². The lowest BCUT2D eigenvalue weighted by Crippen LogP contribution is -2.24. The van der Waals surface area contributed by atoms with Crippen LogP contribution in [0.4, 0.5) is 0 Å². The molecule has 50 heavy (non-hydrogen) atoms. The van der Waals surface area contributed by atoms with Gasteiger partial charge in [0.2, 0.25) is 0 Å². The molecule has 2 atom stereocenters. The van der Waals surface area contributed by atoms with Crippen LogP contribution in [0.15, 0.2) is 156 Å². The standard InChI is InChI=1S/C46H33N3O/c1-46(2)35-16-8-6-15-32(35)43-36(46)22-25-41-44(43)34-27-29(21-24-40(34)48(41)30-12-4-3-5-13-30)28-20-23-39-33(26-28)31-14-7-10-18-38(31)49(39)45-47-37-17-9-11-19-42(37)50-45/h3-27,32,35H,1-2H3. The van der Waals surface area contributed by atoms with Crippen LogP contribution >= 0.6 is 0 Å². The Morgan fingerprint density at radius 3 is 2.12 bits per heavy atom. The Bertz CT molecular complexity index is 2880. The van der Waals surface area contributed by atoms with Crippen LogP contribution in [-0.2, 0) is 5.41 Å². The van der Waals surface area contributed by atoms with Gasteiger partial charge in [-0.2, -0.15) is 4.98 Å². The van der Waals surface area contributed by atoms with Gasteiger partial charge in [-0.25, -0.2) is 0 Å². The molecule has 2 unspecified atom stereocenters. The largest absolute Gasteiger partial charge is 0.423 e. The first-order valence-electron chi connectivity index (χ1n) is 17.5. The topological polar surface area (TPSA) is 35.9 Å². The van der Waals surface area contributed by atoms with Gasteiger partial charge in [0, 0.05) is 33.2 Å². The van der Waals surface area contributed by atoms with Crippen molar-refractivity contribution in [2.45, 2.75) is 25.2 Å². The molecule has 0 N–H and O–H groups in total. The van der Waals surface area contributed by atoms with E-state index in [0.29, 0.717) is 17.9 Å². The second kappa shape index (κ2) is 9.96. The first-order chi connectivity index (χ1) is 24.6. The molecule has 0 bridgehead atoms. The molecule has 2 aliphatic rings. The number of hydrogen-bond acceptors (Lipinski definition) is 2. The Kier molecular flexibility index (Phi) is 5.53. The predicted molar refractivity (Wildman–Crippen MR) is 206 cm³/mol. The van der Waals surface area contributed by atoms with Crippen molar-refractivity contribution in [3.05, 3.63) is 163 Å². The molecule has 238 valence electrons. The summed E-state index contributed by atoms with van der Waals surface area (Å²) in [6.07, 6.45) is 9.31. The summed E-state index contributed by atoms with van der Waals surface area (Å²) in [5.41, 5.74) is 12.8. The number of nitrogens with zero attached hydrogens (tertiary/aromatic N) is 3. The highest BCUT2D eigenvalue weighted by Gasteiger charge is 2.45. The molecule has 4 nitrogen and oxygen atoms in total. The Morgan fingerprint density at radius 2 is 1.28 bits per heavy atom. The number of oxazole rings is 1. The molecule has 9 aromatic rings. The maximum Gasteiger partial charge on any atom is 0.307 e. The van der Waals surface area contributed by atoms with Gasteiger partial charge in [-0.15, -0.1) is 0 Å². The van der Waals surface area contributed by atoms with Crippen LogP contribution in [0.3, 0.4) is 0 Å². The second-order valence-electron chi connectivity index (χ2n) is 14.4. The average molecular weight is 644 g/mol. The predicted octanol–water partition coefficient (Wildman–Crippen LogP) is 11.8. The highest BCUT2D eigenvalue weighted by Crippen LogP contribution is 2.56. The number of rotatable bonds is 3. The van der Waals surface area contributed by atoms with Crippen molar-refractivity contribution >= 4 is 54.7 Å². The van der Waals surface area contributed by atoms with E-state index >= 15 is 0 Å². The average Bonchev–Trinajstić information content (AvgIpc) is 3.88. The van der Waals surface area contributed by atoms with E-state index in [1.807, 2.05) is 24.3 Å². The first kappa shape index (κ1) is 27.8. The summed E-state index contributed by atoms with van der Waals surface area (Å²) in [6, 6.07) is 46.5. The summed E-state index contributed by atoms with van der Waals surface area (Å²) in [4.78, 5) is 4.88. The summed E-state index contributed by atoms with van der Waals surface area (Å²) in [5, 5.41) is 5.03. The Hall–Kier alpha value is -6.13. The maximum atomic E-state index is 6.30. The number of para-hydroxylation sites is 4. The van der Waals surface area contributed by atoms with E-state index in [2.05, 4.69) is 150 Å². The Labute approximate surface area is 289 Å². The van der Waals surface area contributed by atoms with Gasteiger partial charge in [0.05, 0.1) is 22.1 Å². The number of fused-ring (bicyclic) bond motifs is 11. The third-order valence-electron chi connectivity index (χ3n) is 11.5. The molecule has 0 spiro atoms. The molecular formula is C46H33N3O. The minimum Gasteiger partial charge on any atom is -0.423 e. The van der Waals surface area contributed by atoms with Gasteiger partial charge in [-0.05, 0) is 94.3 Å². The normalized spacial score (nSPS) is 17.8. The molecule has 0 aliphatic heterocycles. The third kappa shape index (κ3) is 3.68. The fourth-order valence-electron chi connectivity index (χ4n) is 9.15. The summed E-state index contributed by atoms with van der Waals surface area (Å²) in [6.45, 7) is 4.83. The van der Waals surface area contributed by atoms with Gasteiger partial charge in [0.1, 0.15) is 5.52 Å². The van der Waals surface area contributed by atoms with Crippen LogP contribution in [0.25, 0.3) is 77.5 Å². The minimum absolute atomic E-state index is 0.0438. The second-order valence-corrected chi connectivity index (χ2v) is 14.4. The quantitative estimate of drug-likeness (QED) is 0.192. The van der Waals surface area contributed by atoms with E-state index in [0.717, 1.165) is 22.1 Å². The van der Waals surface area contributed by atoms with Crippen molar-refractivity contribution in [2.75, 3.05) is 0 Å². The highest BCUT2D eigenvalue weighted by atomic mass is 16.4. The van der Waals surface area contributed by atoms with Gasteiger partial charge in [-0.3, -0.25) is 4.57 Å². The van der Waals surface area contributed by atoms with Gasteiger partial charge in [0.15, 0.2) is 5.58 Å². The zero-order chi connectivity index (χ0) is 33.1. The van der Waals surface area contributed by atoms with Crippen LogP contribution in [-0.4, -0.2) is 14.1 Å². The molecule has 0 amide bonds. The lowest BCUT2D eigenvalue weighted by Gasteiger charge is -2.29. The third-order valence-corrected chi connectivity index (χ3v) is 11.5. The minimum atomic E-state index is 0.0438. The van der Waals surface area contributed by atoms with Gasteiger partial charge >= 0.3 is 6.01 Å². The molecule has 0 radical (unpaired) electrons. The lowest BCUT2D eigenvalue weighted by molar-refractivity contribution is 0.394. The van der Waals surface area contributed by atoms with Crippen molar-refractivity contribution in [3.63, 3.8) is 0 Å². The molecule has 0 saturated heterocycles. The van der Waals surface area contributed by atoms with Gasteiger partial charge in [-0.1, -0.05) is 105 Å².